The van der Waals surface area contributed by atoms with E-state index in [0.717, 1.165) is 0 Å². The van der Waals surface area contributed by atoms with Crippen molar-refractivity contribution in [3.8, 4) is 0 Å². The maximum atomic E-state index is 5.43. The Morgan fingerprint density at radius 1 is 1.58 bits per heavy atom. The molecule has 0 aliphatic heterocycles. The summed E-state index contributed by atoms with van der Waals surface area (Å²) in [5.74, 6) is 5.38. The maximum Gasteiger partial charge on any atom is 0.241 e. The minimum Gasteiger partial charge on any atom is -0.368 e. The quantitative estimate of drug-likeness (QED) is 0.246. The van der Waals surface area contributed by atoms with Gasteiger partial charge in [0, 0.05) is 0 Å². The Balaban J connectivity index is 2.75. The summed E-state index contributed by atoms with van der Waals surface area (Å²) in [6, 6.07) is 0. The van der Waals surface area contributed by atoms with Crippen LogP contribution in [0.1, 0.15) is 0 Å². The zero-order valence-electron chi connectivity index (χ0n) is 6.19. The Morgan fingerprint density at radius 2 is 2.25 bits per heavy atom. The van der Waals surface area contributed by atoms with E-state index in [1.54, 1.807) is 0 Å². The monoisotopic (exact) mass is 187 g/mol. The molecule has 0 radical (unpaired) electrons. The second kappa shape index (κ2) is 3.32. The molecule has 1 aromatic heterocycles. The van der Waals surface area contributed by atoms with Crippen LogP contribution in [0.4, 0.5) is 11.9 Å². The summed E-state index contributed by atoms with van der Waals surface area (Å²) in [5.41, 5.74) is 13.0. The normalized spacial score (nSPS) is 9.75. The van der Waals surface area contributed by atoms with E-state index in [0.29, 0.717) is 4.99 Å². The van der Waals surface area contributed by atoms with Gasteiger partial charge >= 0.3 is 0 Å². The van der Waals surface area contributed by atoms with Gasteiger partial charge in [-0.3, -0.25) is 0 Å². The van der Waals surface area contributed by atoms with E-state index in [4.69, 9.17) is 29.5 Å². The number of nitrogens with zero attached hydrogens (tertiary/aromatic N) is 3. The fraction of sp³-hybridized carbons (Fsp3) is 0.250. The van der Waals surface area contributed by atoms with Gasteiger partial charge in [-0.2, -0.15) is 4.98 Å². The first kappa shape index (κ1) is 8.68. The molecule has 66 valence electrons. The maximum absolute atomic E-state index is 5.43. The first-order chi connectivity index (χ1) is 5.63. The minimum absolute atomic E-state index is 0.118. The number of hydrogen-bond donors (Lipinski definition) is 4. The zero-order valence-corrected chi connectivity index (χ0v) is 7.01. The third-order valence-electron chi connectivity index (χ3n) is 1.17. The number of anilines is 2. The molecule has 12 heavy (non-hydrogen) atoms. The molecule has 7 N–H and O–H groups in total. The largest absolute Gasteiger partial charge is 0.368 e. The van der Waals surface area contributed by atoms with Crippen LogP contribution in [0, 0.1) is 0 Å². The summed E-state index contributed by atoms with van der Waals surface area (Å²) in [4.78, 5) is 4.09. The molecular weight excluding hydrogens is 178 g/mol. The van der Waals surface area contributed by atoms with Crippen LogP contribution < -0.4 is 22.7 Å². The highest BCUT2D eigenvalue weighted by molar-refractivity contribution is 7.80. The van der Waals surface area contributed by atoms with E-state index in [1.807, 2.05) is 0 Å². The predicted molar refractivity (Wildman–Crippen MR) is 48.8 cm³/mol. The van der Waals surface area contributed by atoms with Gasteiger partial charge in [-0.05, 0) is 0 Å². The third kappa shape index (κ3) is 1.80. The molecule has 0 saturated heterocycles. The lowest BCUT2D eigenvalue weighted by Crippen LogP contribution is -2.32. The molecule has 1 rings (SSSR count). The van der Waals surface area contributed by atoms with E-state index in [-0.39, 0.29) is 18.4 Å². The van der Waals surface area contributed by atoms with Gasteiger partial charge in [-0.25, -0.2) is 10.5 Å². The lowest BCUT2D eigenvalue weighted by atomic mass is 10.6. The van der Waals surface area contributed by atoms with Crippen LogP contribution in [0.15, 0.2) is 0 Å². The highest BCUT2D eigenvalue weighted by Crippen LogP contribution is 2.00. The van der Waals surface area contributed by atoms with Crippen LogP contribution in [0.5, 0.6) is 0 Å². The van der Waals surface area contributed by atoms with E-state index in [9.17, 15) is 0 Å². The topological polar surface area (TPSA) is 121 Å². The molecule has 0 fully saturated rings. The molecule has 0 spiro atoms. The Bertz CT molecular complexity index is 292. The standard InChI is InChI=1S/C4H9N7S/c5-3-8-4(6)11(10-3)1-2(12)9-7/h1,7H2,(H,9,12)(H4,5,6,8,10). The fourth-order valence-corrected chi connectivity index (χ4v) is 0.793. The smallest absolute Gasteiger partial charge is 0.241 e. The Kier molecular flexibility index (Phi) is 2.41. The van der Waals surface area contributed by atoms with E-state index >= 15 is 0 Å². The van der Waals surface area contributed by atoms with Crippen molar-refractivity contribution < 1.29 is 0 Å². The molecule has 0 unspecified atom stereocenters. The number of hydrogen-bond acceptors (Lipinski definition) is 6. The SMILES string of the molecule is NNC(=S)Cn1nc(N)nc1N. The van der Waals surface area contributed by atoms with E-state index < -0.39 is 0 Å². The van der Waals surface area contributed by atoms with Gasteiger partial charge < -0.3 is 16.9 Å². The average molecular weight is 187 g/mol. The molecule has 1 heterocycles. The lowest BCUT2D eigenvalue weighted by Gasteiger charge is -2.02. The molecule has 0 amide bonds. The average Bonchev–Trinajstić information content (AvgIpc) is 2.30. The number of nitrogens with one attached hydrogen (secondary N) is 1. The van der Waals surface area contributed by atoms with Gasteiger partial charge in [0.05, 0.1) is 6.54 Å². The Morgan fingerprint density at radius 3 is 2.67 bits per heavy atom. The van der Waals surface area contributed by atoms with Gasteiger partial charge in [0.2, 0.25) is 11.9 Å². The number of rotatable bonds is 2. The summed E-state index contributed by atoms with van der Waals surface area (Å²) in [6.07, 6.45) is 0. The molecule has 0 aromatic carbocycles. The van der Waals surface area contributed by atoms with Crippen LogP contribution in [-0.4, -0.2) is 19.8 Å². The van der Waals surface area contributed by atoms with Crippen molar-refractivity contribution in [2.24, 2.45) is 5.84 Å². The highest BCUT2D eigenvalue weighted by atomic mass is 32.1. The van der Waals surface area contributed by atoms with Gasteiger partial charge in [0.25, 0.3) is 0 Å². The number of nitrogens with two attached hydrogens (primary N) is 3. The van der Waals surface area contributed by atoms with Gasteiger partial charge in [-0.15, -0.1) is 5.10 Å². The van der Waals surface area contributed by atoms with Crippen LogP contribution in [0.3, 0.4) is 0 Å². The summed E-state index contributed by atoms with van der Waals surface area (Å²) in [5, 5.41) is 3.77. The molecule has 7 nitrogen and oxygen atoms in total. The predicted octanol–water partition coefficient (Wildman–Crippen LogP) is -1.77. The van der Waals surface area contributed by atoms with Crippen molar-refractivity contribution in [1.29, 1.82) is 0 Å². The van der Waals surface area contributed by atoms with E-state index in [1.165, 1.54) is 4.68 Å². The number of aromatic nitrogens is 3. The second-order valence-electron chi connectivity index (χ2n) is 2.05. The van der Waals surface area contributed by atoms with Crippen LogP contribution in [0.25, 0.3) is 0 Å². The number of nitrogen functional groups attached to an aromatic ring is 2. The molecule has 0 aliphatic carbocycles. The van der Waals surface area contributed by atoms with Crippen molar-refractivity contribution in [3.05, 3.63) is 0 Å². The van der Waals surface area contributed by atoms with Crippen LogP contribution in [0.2, 0.25) is 0 Å². The first-order valence-electron chi connectivity index (χ1n) is 3.08. The highest BCUT2D eigenvalue weighted by Gasteiger charge is 2.04. The van der Waals surface area contributed by atoms with Crippen molar-refractivity contribution in [3.63, 3.8) is 0 Å². The molecule has 0 atom stereocenters. The first-order valence-corrected chi connectivity index (χ1v) is 3.49. The number of thiocarbonyl (C=S) groups is 1. The second-order valence-corrected chi connectivity index (χ2v) is 2.55. The van der Waals surface area contributed by atoms with Crippen LogP contribution >= 0.6 is 12.2 Å². The third-order valence-corrected chi connectivity index (χ3v) is 1.42. The zero-order chi connectivity index (χ0) is 9.14. The van der Waals surface area contributed by atoms with Crippen LogP contribution in [-0.2, 0) is 6.54 Å². The molecule has 0 bridgehead atoms. The van der Waals surface area contributed by atoms with Crippen molar-refractivity contribution >= 4 is 29.1 Å². The van der Waals surface area contributed by atoms with Crippen molar-refractivity contribution in [2.75, 3.05) is 11.5 Å². The summed E-state index contributed by atoms with van der Waals surface area (Å²) in [6.45, 7) is 0.280. The minimum atomic E-state index is 0.118. The molecule has 0 aliphatic rings. The molecule has 0 saturated carbocycles. The number of hydrazine groups is 1. The Hall–Kier alpha value is -1.41. The summed E-state index contributed by atoms with van der Waals surface area (Å²) >= 11 is 4.79. The molecule has 1 aromatic rings. The van der Waals surface area contributed by atoms with Gasteiger partial charge in [0.15, 0.2) is 0 Å². The van der Waals surface area contributed by atoms with E-state index in [2.05, 4.69) is 15.5 Å². The van der Waals surface area contributed by atoms with Crippen molar-refractivity contribution in [2.45, 2.75) is 6.54 Å². The lowest BCUT2D eigenvalue weighted by molar-refractivity contribution is 0.726. The molecule has 8 heteroatoms. The fourth-order valence-electron chi connectivity index (χ4n) is 0.670. The summed E-state index contributed by atoms with van der Waals surface area (Å²) in [7, 11) is 0. The van der Waals surface area contributed by atoms with Gasteiger partial charge in [0.1, 0.15) is 4.99 Å². The van der Waals surface area contributed by atoms with Crippen molar-refractivity contribution in [1.82, 2.24) is 20.2 Å². The van der Waals surface area contributed by atoms with Gasteiger partial charge in [-0.1, -0.05) is 12.2 Å². The molecular formula is C4H9N7S. The summed E-state index contributed by atoms with van der Waals surface area (Å²) < 4.78 is 1.36. The Labute approximate surface area is 73.9 Å².